The van der Waals surface area contributed by atoms with Crippen LogP contribution in [-0.2, 0) is 5.54 Å². The van der Waals surface area contributed by atoms with Crippen LogP contribution in [0, 0.1) is 0 Å². The maximum atomic E-state index is 6.26. The van der Waals surface area contributed by atoms with E-state index < -0.39 is 0 Å². The minimum atomic E-state index is -0.0638. The van der Waals surface area contributed by atoms with Crippen molar-refractivity contribution in [2.24, 2.45) is 5.73 Å². The highest BCUT2D eigenvalue weighted by Crippen LogP contribution is 2.43. The molecule has 3 heteroatoms. The summed E-state index contributed by atoms with van der Waals surface area (Å²) >= 11 is 1.75. The van der Waals surface area contributed by atoms with Gasteiger partial charge in [0.25, 0.3) is 0 Å². The van der Waals surface area contributed by atoms with Crippen LogP contribution in [0.15, 0.2) is 23.1 Å². The molecule has 1 aromatic carbocycles. The van der Waals surface area contributed by atoms with Crippen molar-refractivity contribution in [3.63, 3.8) is 0 Å². The Bertz CT molecular complexity index is 374. The fourth-order valence-electron chi connectivity index (χ4n) is 2.05. The molecule has 1 aliphatic carbocycles. The van der Waals surface area contributed by atoms with E-state index in [0.29, 0.717) is 0 Å². The lowest BCUT2D eigenvalue weighted by Crippen LogP contribution is -2.43. The summed E-state index contributed by atoms with van der Waals surface area (Å²) in [7, 11) is 0. The Morgan fingerprint density at radius 2 is 2.21 bits per heavy atom. The van der Waals surface area contributed by atoms with Crippen molar-refractivity contribution in [3.05, 3.63) is 23.8 Å². The van der Waals surface area contributed by atoms with Crippen LogP contribution in [0.1, 0.15) is 24.8 Å². The second-order valence-electron chi connectivity index (χ2n) is 4.08. The Hall–Kier alpha value is -0.670. The maximum Gasteiger partial charge on any atom is 0.138 e. The fraction of sp³-hybridized carbons (Fsp3) is 0.455. The lowest BCUT2D eigenvalue weighted by atomic mass is 9.73. The van der Waals surface area contributed by atoms with Gasteiger partial charge < -0.3 is 10.5 Å². The van der Waals surface area contributed by atoms with Crippen molar-refractivity contribution in [1.82, 2.24) is 0 Å². The van der Waals surface area contributed by atoms with E-state index in [9.17, 15) is 0 Å². The zero-order valence-corrected chi connectivity index (χ0v) is 8.77. The first-order chi connectivity index (χ1) is 6.78. The average molecular weight is 207 g/mol. The summed E-state index contributed by atoms with van der Waals surface area (Å²) in [6.07, 6.45) is 3.47. The molecular weight excluding hydrogens is 194 g/mol. The second-order valence-corrected chi connectivity index (χ2v) is 5.04. The summed E-state index contributed by atoms with van der Waals surface area (Å²) < 4.78 is 5.51. The molecule has 1 heterocycles. The standard InChI is InChI=1S/C11H13NOS/c12-11(4-1-5-11)8-2-3-10-9(6-8)13-7-14-10/h2-3,6H,1,4-5,7,12H2. The van der Waals surface area contributed by atoms with Gasteiger partial charge in [-0.2, -0.15) is 0 Å². The Kier molecular flexibility index (Phi) is 1.79. The largest absolute Gasteiger partial charge is 0.481 e. The van der Waals surface area contributed by atoms with Gasteiger partial charge in [0.05, 0.1) is 4.90 Å². The van der Waals surface area contributed by atoms with Gasteiger partial charge in [-0.05, 0) is 37.0 Å². The SMILES string of the molecule is NC1(c2ccc3c(c2)OCS3)CCC1. The van der Waals surface area contributed by atoms with E-state index in [0.717, 1.165) is 24.5 Å². The van der Waals surface area contributed by atoms with Crippen LogP contribution in [0.25, 0.3) is 0 Å². The van der Waals surface area contributed by atoms with Crippen LogP contribution in [0.2, 0.25) is 0 Å². The molecule has 2 nitrogen and oxygen atoms in total. The van der Waals surface area contributed by atoms with Crippen molar-refractivity contribution < 1.29 is 4.74 Å². The molecular formula is C11H13NOS. The van der Waals surface area contributed by atoms with E-state index in [-0.39, 0.29) is 5.54 Å². The first-order valence-corrected chi connectivity index (χ1v) is 5.96. The van der Waals surface area contributed by atoms with Gasteiger partial charge in [0, 0.05) is 5.54 Å². The molecule has 3 rings (SSSR count). The van der Waals surface area contributed by atoms with Crippen molar-refractivity contribution >= 4 is 11.8 Å². The number of hydrogen-bond acceptors (Lipinski definition) is 3. The third-order valence-corrected chi connectivity index (χ3v) is 4.08. The van der Waals surface area contributed by atoms with Crippen molar-refractivity contribution in [3.8, 4) is 5.75 Å². The predicted molar refractivity (Wildman–Crippen MR) is 57.5 cm³/mol. The quantitative estimate of drug-likeness (QED) is 0.768. The molecule has 1 fully saturated rings. The molecule has 2 aliphatic rings. The molecule has 1 aliphatic heterocycles. The lowest BCUT2D eigenvalue weighted by Gasteiger charge is -2.38. The summed E-state index contributed by atoms with van der Waals surface area (Å²) in [5, 5.41) is 0. The molecule has 1 saturated carbocycles. The van der Waals surface area contributed by atoms with Crippen LogP contribution < -0.4 is 10.5 Å². The molecule has 0 unspecified atom stereocenters. The van der Waals surface area contributed by atoms with E-state index in [1.807, 2.05) is 0 Å². The Morgan fingerprint density at radius 1 is 1.36 bits per heavy atom. The minimum absolute atomic E-state index is 0.0638. The molecule has 14 heavy (non-hydrogen) atoms. The summed E-state index contributed by atoms with van der Waals surface area (Å²) in [5.41, 5.74) is 7.43. The van der Waals surface area contributed by atoms with E-state index >= 15 is 0 Å². The number of nitrogens with two attached hydrogens (primary N) is 1. The third-order valence-electron chi connectivity index (χ3n) is 3.19. The van der Waals surface area contributed by atoms with Gasteiger partial charge in [-0.1, -0.05) is 17.8 Å². The second kappa shape index (κ2) is 2.91. The van der Waals surface area contributed by atoms with E-state index in [1.54, 1.807) is 11.8 Å². The van der Waals surface area contributed by atoms with Crippen LogP contribution in [-0.4, -0.2) is 5.94 Å². The van der Waals surface area contributed by atoms with Crippen molar-refractivity contribution in [2.45, 2.75) is 29.7 Å². The van der Waals surface area contributed by atoms with Gasteiger partial charge in [0.15, 0.2) is 0 Å². The van der Waals surface area contributed by atoms with E-state index in [1.165, 1.54) is 16.9 Å². The molecule has 0 bridgehead atoms. The van der Waals surface area contributed by atoms with Crippen LogP contribution in [0.3, 0.4) is 0 Å². The highest BCUT2D eigenvalue weighted by molar-refractivity contribution is 7.99. The molecule has 1 aromatic rings. The lowest BCUT2D eigenvalue weighted by molar-refractivity contribution is 0.252. The first-order valence-electron chi connectivity index (χ1n) is 4.97. The Morgan fingerprint density at radius 3 is 2.93 bits per heavy atom. The van der Waals surface area contributed by atoms with E-state index in [2.05, 4.69) is 18.2 Å². The number of ether oxygens (including phenoxy) is 1. The highest BCUT2D eigenvalue weighted by atomic mass is 32.2. The van der Waals surface area contributed by atoms with Gasteiger partial charge in [0.1, 0.15) is 11.7 Å². The molecule has 74 valence electrons. The predicted octanol–water partition coefficient (Wildman–Crippen LogP) is 2.47. The van der Waals surface area contributed by atoms with Gasteiger partial charge in [-0.3, -0.25) is 0 Å². The third kappa shape index (κ3) is 1.16. The number of benzene rings is 1. The molecule has 0 aromatic heterocycles. The monoisotopic (exact) mass is 207 g/mol. The molecule has 0 atom stereocenters. The fourth-order valence-corrected chi connectivity index (χ4v) is 2.79. The van der Waals surface area contributed by atoms with Gasteiger partial charge in [-0.15, -0.1) is 0 Å². The summed E-state index contributed by atoms with van der Waals surface area (Å²) in [6.45, 7) is 0. The van der Waals surface area contributed by atoms with E-state index in [4.69, 9.17) is 10.5 Å². The van der Waals surface area contributed by atoms with Gasteiger partial charge in [0.2, 0.25) is 0 Å². The zero-order chi connectivity index (χ0) is 9.60. The average Bonchev–Trinajstić information content (AvgIpc) is 2.60. The Balaban J connectivity index is 2.00. The molecule has 0 spiro atoms. The first kappa shape index (κ1) is 8.62. The smallest absolute Gasteiger partial charge is 0.138 e. The Labute approximate surface area is 87.8 Å². The van der Waals surface area contributed by atoms with Crippen LogP contribution in [0.4, 0.5) is 0 Å². The molecule has 0 amide bonds. The number of fused-ring (bicyclic) bond motifs is 1. The zero-order valence-electron chi connectivity index (χ0n) is 7.95. The van der Waals surface area contributed by atoms with Crippen molar-refractivity contribution in [1.29, 1.82) is 0 Å². The summed E-state index contributed by atoms with van der Waals surface area (Å²) in [4.78, 5) is 1.25. The topological polar surface area (TPSA) is 35.2 Å². The van der Waals surface area contributed by atoms with Crippen LogP contribution in [0.5, 0.6) is 5.75 Å². The van der Waals surface area contributed by atoms with Gasteiger partial charge >= 0.3 is 0 Å². The molecule has 2 N–H and O–H groups in total. The molecule has 0 saturated heterocycles. The summed E-state index contributed by atoms with van der Waals surface area (Å²) in [6, 6.07) is 6.41. The number of rotatable bonds is 1. The van der Waals surface area contributed by atoms with Crippen molar-refractivity contribution in [2.75, 3.05) is 5.94 Å². The van der Waals surface area contributed by atoms with Crippen LogP contribution >= 0.6 is 11.8 Å². The normalized spacial score (nSPS) is 22.4. The maximum absolute atomic E-state index is 6.26. The molecule has 0 radical (unpaired) electrons. The summed E-state index contributed by atoms with van der Waals surface area (Å²) in [5.74, 6) is 1.76. The number of thioether (sulfide) groups is 1. The number of hydrogen-bond donors (Lipinski definition) is 1. The highest BCUT2D eigenvalue weighted by Gasteiger charge is 2.35. The minimum Gasteiger partial charge on any atom is -0.481 e. The van der Waals surface area contributed by atoms with Gasteiger partial charge in [-0.25, -0.2) is 0 Å².